The summed E-state index contributed by atoms with van der Waals surface area (Å²) < 4.78 is 10.8. The van der Waals surface area contributed by atoms with Crippen molar-refractivity contribution in [3.05, 3.63) is 18.2 Å². The summed E-state index contributed by atoms with van der Waals surface area (Å²) in [5.74, 6) is 2.49. The number of rotatable bonds is 8. The second kappa shape index (κ2) is 9.87. The summed E-state index contributed by atoms with van der Waals surface area (Å²) in [4.78, 5) is 8.98. The van der Waals surface area contributed by atoms with Crippen LogP contribution in [0.1, 0.15) is 20.3 Å². The molecule has 7 heteroatoms. The average Bonchev–Trinajstić information content (AvgIpc) is 3.12. The van der Waals surface area contributed by atoms with Crippen LogP contribution in [0.5, 0.6) is 11.5 Å². The van der Waals surface area contributed by atoms with Gasteiger partial charge in [-0.25, -0.2) is 0 Å². The Morgan fingerprint density at radius 1 is 1.21 bits per heavy atom. The molecule has 0 radical (unpaired) electrons. The second-order valence-electron chi connectivity index (χ2n) is 8.47. The number of ether oxygens (including phenoxy) is 2. The first-order valence-electron chi connectivity index (χ1n) is 9.86. The van der Waals surface area contributed by atoms with Gasteiger partial charge in [0.2, 0.25) is 0 Å². The molecule has 1 fully saturated rings. The number of nitrogens with zero attached hydrogens (tertiary/aromatic N) is 3. The molecule has 158 valence electrons. The van der Waals surface area contributed by atoms with Crippen LogP contribution in [0.25, 0.3) is 0 Å². The summed E-state index contributed by atoms with van der Waals surface area (Å²) in [5, 5.41) is 7.06. The van der Waals surface area contributed by atoms with Crippen molar-refractivity contribution in [1.82, 2.24) is 15.5 Å². The largest absolute Gasteiger partial charge is 0.497 e. The van der Waals surface area contributed by atoms with Crippen LogP contribution in [-0.2, 0) is 0 Å². The van der Waals surface area contributed by atoms with E-state index in [4.69, 9.17) is 9.47 Å². The highest BCUT2D eigenvalue weighted by Crippen LogP contribution is 2.30. The van der Waals surface area contributed by atoms with E-state index in [1.807, 2.05) is 13.1 Å². The number of methoxy groups -OCH3 is 2. The Bertz CT molecular complexity index is 638. The lowest BCUT2D eigenvalue weighted by atomic mass is 9.93. The molecule has 1 aromatic carbocycles. The van der Waals surface area contributed by atoms with Gasteiger partial charge in [0.05, 0.1) is 14.2 Å². The van der Waals surface area contributed by atoms with E-state index in [0.29, 0.717) is 6.04 Å². The number of hydrogen-bond donors (Lipinski definition) is 2. The number of guanidine groups is 1. The number of hydrogen-bond acceptors (Lipinski definition) is 5. The fourth-order valence-electron chi connectivity index (χ4n) is 3.71. The van der Waals surface area contributed by atoms with Crippen molar-refractivity contribution >= 4 is 11.6 Å². The van der Waals surface area contributed by atoms with Crippen LogP contribution < -0.4 is 25.0 Å². The first-order chi connectivity index (χ1) is 13.3. The quantitative estimate of drug-likeness (QED) is 0.522. The van der Waals surface area contributed by atoms with Gasteiger partial charge in [0.25, 0.3) is 0 Å². The lowest BCUT2D eigenvalue weighted by Gasteiger charge is -2.29. The lowest BCUT2D eigenvalue weighted by Crippen LogP contribution is -2.48. The van der Waals surface area contributed by atoms with Gasteiger partial charge < -0.3 is 29.9 Å². The number of benzene rings is 1. The van der Waals surface area contributed by atoms with Crippen LogP contribution in [-0.4, -0.2) is 78.4 Å². The van der Waals surface area contributed by atoms with Crippen molar-refractivity contribution in [3.8, 4) is 11.5 Å². The van der Waals surface area contributed by atoms with Crippen molar-refractivity contribution in [2.24, 2.45) is 10.4 Å². The highest BCUT2D eigenvalue weighted by atomic mass is 16.5. The van der Waals surface area contributed by atoms with Gasteiger partial charge >= 0.3 is 0 Å². The Hall–Kier alpha value is -2.15. The van der Waals surface area contributed by atoms with Crippen LogP contribution >= 0.6 is 0 Å². The number of anilines is 1. The molecule has 2 N–H and O–H groups in total. The Morgan fingerprint density at radius 3 is 2.39 bits per heavy atom. The fraction of sp³-hybridized carbons (Fsp3) is 0.667. The Morgan fingerprint density at radius 2 is 1.86 bits per heavy atom. The molecule has 1 aliphatic heterocycles. The molecule has 0 bridgehead atoms. The molecule has 2 rings (SSSR count). The summed E-state index contributed by atoms with van der Waals surface area (Å²) in [6, 6.07) is 6.36. The molecular formula is C21H37N5O2. The standard InChI is InChI=1S/C21H37N5O2/c1-21(2,15-25(4)5)14-23-20(22-3)24-16-8-9-26(13-16)17-10-18(27-6)12-19(11-17)28-7/h10-12,16H,8-9,13-15H2,1-7H3,(H2,22,23,24). The summed E-state index contributed by atoms with van der Waals surface area (Å²) in [5.41, 5.74) is 1.29. The zero-order chi connectivity index (χ0) is 20.7. The topological polar surface area (TPSA) is 61.4 Å². The van der Waals surface area contributed by atoms with E-state index in [2.05, 4.69) is 65.5 Å². The van der Waals surface area contributed by atoms with Crippen LogP contribution in [0.3, 0.4) is 0 Å². The first-order valence-corrected chi connectivity index (χ1v) is 9.86. The van der Waals surface area contributed by atoms with Crippen LogP contribution in [0.2, 0.25) is 0 Å². The Balaban J connectivity index is 1.92. The van der Waals surface area contributed by atoms with Gasteiger partial charge in [0, 0.05) is 63.2 Å². The van der Waals surface area contributed by atoms with E-state index in [9.17, 15) is 0 Å². The highest BCUT2D eigenvalue weighted by molar-refractivity contribution is 5.80. The van der Waals surface area contributed by atoms with E-state index in [1.54, 1.807) is 14.2 Å². The van der Waals surface area contributed by atoms with Crippen molar-refractivity contribution < 1.29 is 9.47 Å². The summed E-state index contributed by atoms with van der Waals surface area (Å²) in [6.45, 7) is 8.32. The zero-order valence-corrected chi connectivity index (χ0v) is 18.5. The third-order valence-corrected chi connectivity index (χ3v) is 4.93. The third kappa shape index (κ3) is 6.48. The molecule has 0 spiro atoms. The fourth-order valence-corrected chi connectivity index (χ4v) is 3.71. The monoisotopic (exact) mass is 391 g/mol. The number of aliphatic imine (C=N–C) groups is 1. The highest BCUT2D eigenvalue weighted by Gasteiger charge is 2.25. The van der Waals surface area contributed by atoms with Gasteiger partial charge in [0.1, 0.15) is 11.5 Å². The molecule has 28 heavy (non-hydrogen) atoms. The van der Waals surface area contributed by atoms with Gasteiger partial charge in [0.15, 0.2) is 5.96 Å². The minimum absolute atomic E-state index is 0.167. The first kappa shape index (κ1) is 22.1. The van der Waals surface area contributed by atoms with Crippen molar-refractivity contribution in [2.45, 2.75) is 26.3 Å². The van der Waals surface area contributed by atoms with E-state index in [1.165, 1.54) is 0 Å². The maximum absolute atomic E-state index is 5.40. The molecule has 1 saturated heterocycles. The second-order valence-corrected chi connectivity index (χ2v) is 8.47. The molecule has 0 aromatic heterocycles. The lowest BCUT2D eigenvalue weighted by molar-refractivity contribution is 0.241. The minimum Gasteiger partial charge on any atom is -0.497 e. The predicted molar refractivity (Wildman–Crippen MR) is 117 cm³/mol. The molecular weight excluding hydrogens is 354 g/mol. The van der Waals surface area contributed by atoms with Crippen molar-refractivity contribution in [2.75, 3.05) is 66.4 Å². The van der Waals surface area contributed by atoms with Gasteiger partial charge in [-0.3, -0.25) is 4.99 Å². The molecule has 1 atom stereocenters. The molecule has 1 unspecified atom stereocenters. The minimum atomic E-state index is 0.167. The average molecular weight is 392 g/mol. The van der Waals surface area contributed by atoms with Gasteiger partial charge in [-0.15, -0.1) is 0 Å². The molecule has 7 nitrogen and oxygen atoms in total. The Kier molecular flexibility index (Phi) is 7.80. The summed E-state index contributed by atoms with van der Waals surface area (Å²) in [6.07, 6.45) is 1.06. The van der Waals surface area contributed by atoms with Crippen molar-refractivity contribution in [3.63, 3.8) is 0 Å². The third-order valence-electron chi connectivity index (χ3n) is 4.93. The molecule has 1 aromatic rings. The number of nitrogens with one attached hydrogen (secondary N) is 2. The van der Waals surface area contributed by atoms with Crippen LogP contribution in [0, 0.1) is 5.41 Å². The van der Waals surface area contributed by atoms with E-state index < -0.39 is 0 Å². The molecule has 1 heterocycles. The molecule has 0 amide bonds. The summed E-state index contributed by atoms with van der Waals surface area (Å²) >= 11 is 0. The van der Waals surface area contributed by atoms with Crippen molar-refractivity contribution in [1.29, 1.82) is 0 Å². The van der Waals surface area contributed by atoms with Gasteiger partial charge in [-0.1, -0.05) is 13.8 Å². The summed E-state index contributed by atoms with van der Waals surface area (Å²) in [7, 11) is 9.40. The van der Waals surface area contributed by atoms with E-state index in [0.717, 1.165) is 55.7 Å². The molecule has 1 aliphatic rings. The molecule has 0 aliphatic carbocycles. The van der Waals surface area contributed by atoms with E-state index >= 15 is 0 Å². The van der Waals surface area contributed by atoms with Gasteiger partial charge in [-0.2, -0.15) is 0 Å². The Labute approximate surface area is 170 Å². The normalized spacial score (nSPS) is 17.8. The maximum Gasteiger partial charge on any atom is 0.191 e. The zero-order valence-electron chi connectivity index (χ0n) is 18.5. The SMILES string of the molecule is CN=C(NCC(C)(C)CN(C)C)NC1CCN(c2cc(OC)cc(OC)c2)C1. The van der Waals surface area contributed by atoms with Crippen LogP contribution in [0.15, 0.2) is 23.2 Å². The maximum atomic E-state index is 5.40. The van der Waals surface area contributed by atoms with Gasteiger partial charge in [-0.05, 0) is 25.9 Å². The smallest absolute Gasteiger partial charge is 0.191 e. The predicted octanol–water partition coefficient (Wildman–Crippen LogP) is 2.04. The van der Waals surface area contributed by atoms with E-state index in [-0.39, 0.29) is 5.41 Å². The van der Waals surface area contributed by atoms with Crippen LogP contribution in [0.4, 0.5) is 5.69 Å². The molecule has 0 saturated carbocycles.